The first-order valence-electron chi connectivity index (χ1n) is 10.9. The van der Waals surface area contributed by atoms with Crippen LogP contribution in [0, 0.1) is 0 Å². The van der Waals surface area contributed by atoms with Crippen molar-refractivity contribution in [3.05, 3.63) is 84.1 Å². The second-order valence-corrected chi connectivity index (χ2v) is 8.07. The Hall–Kier alpha value is -3.45. The van der Waals surface area contributed by atoms with Gasteiger partial charge < -0.3 is 19.5 Å². The Balaban J connectivity index is 1.29. The van der Waals surface area contributed by atoms with Gasteiger partial charge in [0.25, 0.3) is 11.8 Å². The smallest absolute Gasteiger partial charge is 0.291 e. The van der Waals surface area contributed by atoms with Crippen molar-refractivity contribution in [2.75, 3.05) is 32.0 Å². The van der Waals surface area contributed by atoms with E-state index in [1.165, 1.54) is 6.26 Å². The summed E-state index contributed by atoms with van der Waals surface area (Å²) in [5.74, 6) is -0.147. The second kappa shape index (κ2) is 10.2. The third-order valence-corrected chi connectivity index (χ3v) is 5.95. The minimum Gasteiger partial charge on any atom is -0.459 e. The molecule has 0 radical (unpaired) electrons. The standard InChI is InChI=1S/C25H28N4O3/c1-28(22-11-15-29(16-12-22)14-10-20-7-2-3-13-26-20)25(31)19-6-4-8-21(18-19)27-24(30)23-9-5-17-32-23/h2-9,13,17-18,22H,10-12,14-16H2,1H3,(H,27,30). The van der Waals surface area contributed by atoms with E-state index in [4.69, 9.17) is 4.42 Å². The summed E-state index contributed by atoms with van der Waals surface area (Å²) in [5.41, 5.74) is 2.23. The largest absolute Gasteiger partial charge is 0.459 e. The molecule has 0 aliphatic carbocycles. The minimum absolute atomic E-state index is 0.0361. The molecular weight excluding hydrogens is 404 g/mol. The number of amides is 2. The molecule has 1 aromatic carbocycles. The highest BCUT2D eigenvalue weighted by atomic mass is 16.3. The summed E-state index contributed by atoms with van der Waals surface area (Å²) in [6.45, 7) is 2.92. The summed E-state index contributed by atoms with van der Waals surface area (Å²) in [7, 11) is 1.87. The van der Waals surface area contributed by atoms with Crippen LogP contribution < -0.4 is 5.32 Å². The van der Waals surface area contributed by atoms with E-state index < -0.39 is 0 Å². The van der Waals surface area contributed by atoms with E-state index in [0.29, 0.717) is 11.3 Å². The van der Waals surface area contributed by atoms with Crippen molar-refractivity contribution in [1.29, 1.82) is 0 Å². The maximum atomic E-state index is 13.1. The van der Waals surface area contributed by atoms with E-state index in [9.17, 15) is 9.59 Å². The van der Waals surface area contributed by atoms with Crippen LogP contribution >= 0.6 is 0 Å². The van der Waals surface area contributed by atoms with Crippen LogP contribution in [0.3, 0.4) is 0 Å². The molecule has 1 fully saturated rings. The van der Waals surface area contributed by atoms with Crippen LogP contribution in [0.5, 0.6) is 0 Å². The summed E-state index contributed by atoms with van der Waals surface area (Å²) in [4.78, 5) is 33.9. The molecule has 32 heavy (non-hydrogen) atoms. The number of nitrogens with one attached hydrogen (secondary N) is 1. The number of likely N-dealkylation sites (tertiary alicyclic amines) is 1. The Kier molecular flexibility index (Phi) is 6.97. The Morgan fingerprint density at radius 3 is 2.69 bits per heavy atom. The zero-order chi connectivity index (χ0) is 22.3. The lowest BCUT2D eigenvalue weighted by atomic mass is 10.0. The zero-order valence-electron chi connectivity index (χ0n) is 18.2. The van der Waals surface area contributed by atoms with Crippen molar-refractivity contribution >= 4 is 17.5 Å². The Morgan fingerprint density at radius 1 is 1.12 bits per heavy atom. The Morgan fingerprint density at radius 2 is 1.97 bits per heavy atom. The summed E-state index contributed by atoms with van der Waals surface area (Å²) in [6.07, 6.45) is 6.11. The van der Waals surface area contributed by atoms with Crippen LogP contribution in [-0.4, -0.2) is 59.3 Å². The molecule has 0 saturated carbocycles. The SMILES string of the molecule is CN(C(=O)c1cccc(NC(=O)c2ccco2)c1)C1CCN(CCc2ccccn2)CC1. The molecule has 0 spiro atoms. The van der Waals surface area contributed by atoms with Gasteiger partial charge in [-0.2, -0.15) is 0 Å². The number of nitrogens with zero attached hydrogens (tertiary/aromatic N) is 3. The number of hydrogen-bond acceptors (Lipinski definition) is 5. The molecule has 0 bridgehead atoms. The summed E-state index contributed by atoms with van der Waals surface area (Å²) >= 11 is 0. The first kappa shape index (κ1) is 21.8. The number of anilines is 1. The van der Waals surface area contributed by atoms with Crippen molar-refractivity contribution in [2.24, 2.45) is 0 Å². The molecule has 2 amide bonds. The van der Waals surface area contributed by atoms with Gasteiger partial charge in [0.15, 0.2) is 5.76 Å². The van der Waals surface area contributed by atoms with Crippen molar-refractivity contribution in [2.45, 2.75) is 25.3 Å². The van der Waals surface area contributed by atoms with E-state index in [-0.39, 0.29) is 23.6 Å². The number of carbonyl (C=O) groups is 2. The summed E-state index contributed by atoms with van der Waals surface area (Å²) in [5, 5.41) is 2.78. The molecule has 3 aromatic rings. The summed E-state index contributed by atoms with van der Waals surface area (Å²) in [6, 6.07) is 16.5. The predicted molar refractivity (Wildman–Crippen MR) is 123 cm³/mol. The van der Waals surface area contributed by atoms with Gasteiger partial charge in [0, 0.05) is 62.3 Å². The lowest BCUT2D eigenvalue weighted by molar-refractivity contribution is 0.0643. The number of hydrogen-bond donors (Lipinski definition) is 1. The van der Waals surface area contributed by atoms with Crippen molar-refractivity contribution < 1.29 is 14.0 Å². The third-order valence-electron chi connectivity index (χ3n) is 5.95. The topological polar surface area (TPSA) is 78.7 Å². The van der Waals surface area contributed by atoms with Gasteiger partial charge >= 0.3 is 0 Å². The first-order chi connectivity index (χ1) is 15.6. The van der Waals surface area contributed by atoms with Gasteiger partial charge in [0.2, 0.25) is 0 Å². The number of furan rings is 1. The fraction of sp³-hybridized carbons (Fsp3) is 0.320. The molecule has 7 nitrogen and oxygen atoms in total. The van der Waals surface area contributed by atoms with Crippen molar-refractivity contribution in [3.8, 4) is 0 Å². The highest BCUT2D eigenvalue weighted by molar-refractivity contribution is 6.03. The maximum Gasteiger partial charge on any atom is 0.291 e. The Bertz CT molecular complexity index is 1030. The molecule has 2 aromatic heterocycles. The molecule has 1 aliphatic rings. The number of rotatable bonds is 7. The monoisotopic (exact) mass is 432 g/mol. The van der Waals surface area contributed by atoms with E-state index in [1.54, 1.807) is 36.4 Å². The number of benzene rings is 1. The van der Waals surface area contributed by atoms with Gasteiger partial charge in [-0.05, 0) is 55.3 Å². The van der Waals surface area contributed by atoms with Crippen molar-refractivity contribution in [1.82, 2.24) is 14.8 Å². The van der Waals surface area contributed by atoms with E-state index >= 15 is 0 Å². The van der Waals surface area contributed by atoms with E-state index in [0.717, 1.165) is 44.6 Å². The molecule has 3 heterocycles. The van der Waals surface area contributed by atoms with Crippen LogP contribution in [0.25, 0.3) is 0 Å². The lowest BCUT2D eigenvalue weighted by Gasteiger charge is -2.36. The van der Waals surface area contributed by atoms with Crippen LogP contribution in [0.2, 0.25) is 0 Å². The van der Waals surface area contributed by atoms with Gasteiger partial charge in [-0.15, -0.1) is 0 Å². The first-order valence-corrected chi connectivity index (χ1v) is 10.9. The average molecular weight is 433 g/mol. The van der Waals surface area contributed by atoms with Crippen molar-refractivity contribution in [3.63, 3.8) is 0 Å². The average Bonchev–Trinajstić information content (AvgIpc) is 3.38. The second-order valence-electron chi connectivity index (χ2n) is 8.07. The molecule has 4 rings (SSSR count). The predicted octanol–water partition coefficient (Wildman–Crippen LogP) is 3.71. The fourth-order valence-corrected chi connectivity index (χ4v) is 4.05. The normalized spacial score (nSPS) is 14.8. The van der Waals surface area contributed by atoms with Gasteiger partial charge in [0.05, 0.1) is 6.26 Å². The highest BCUT2D eigenvalue weighted by Crippen LogP contribution is 2.20. The number of pyridine rings is 1. The van der Waals surface area contributed by atoms with Crippen LogP contribution in [0.1, 0.15) is 39.4 Å². The summed E-state index contributed by atoms with van der Waals surface area (Å²) < 4.78 is 5.12. The fourth-order valence-electron chi connectivity index (χ4n) is 4.05. The minimum atomic E-state index is -0.342. The van der Waals surface area contributed by atoms with Gasteiger partial charge in [-0.1, -0.05) is 12.1 Å². The molecule has 166 valence electrons. The van der Waals surface area contributed by atoms with Crippen LogP contribution in [0.15, 0.2) is 71.5 Å². The molecule has 0 atom stereocenters. The van der Waals surface area contributed by atoms with Gasteiger partial charge in [-0.25, -0.2) is 0 Å². The molecule has 1 N–H and O–H groups in total. The van der Waals surface area contributed by atoms with E-state index in [1.807, 2.05) is 30.3 Å². The van der Waals surface area contributed by atoms with Gasteiger partial charge in [0.1, 0.15) is 0 Å². The maximum absolute atomic E-state index is 13.1. The van der Waals surface area contributed by atoms with Crippen LogP contribution in [0.4, 0.5) is 5.69 Å². The molecular formula is C25H28N4O3. The third kappa shape index (κ3) is 5.42. The number of aromatic nitrogens is 1. The number of carbonyl (C=O) groups excluding carboxylic acids is 2. The lowest BCUT2D eigenvalue weighted by Crippen LogP contribution is -2.46. The number of piperidine rings is 1. The Labute approximate surface area is 188 Å². The highest BCUT2D eigenvalue weighted by Gasteiger charge is 2.26. The molecule has 7 heteroatoms. The quantitative estimate of drug-likeness (QED) is 0.616. The van der Waals surface area contributed by atoms with E-state index in [2.05, 4.69) is 21.3 Å². The van der Waals surface area contributed by atoms with Gasteiger partial charge in [-0.3, -0.25) is 14.6 Å². The molecule has 1 saturated heterocycles. The molecule has 0 unspecified atom stereocenters. The van der Waals surface area contributed by atoms with Crippen LogP contribution in [-0.2, 0) is 6.42 Å². The zero-order valence-corrected chi connectivity index (χ0v) is 18.2. The molecule has 1 aliphatic heterocycles.